The standard InChI is InChI=1S/C17H21F2N7O3/c1-9(27)14-15-16(26(25-14)8-10-2-4-28-5-3-10)22-12(7-20-15)21-11-6-13(24-23-11)29-17(18)19/h6-7,9-10,17,27H,2-5,8H2,1H3,(H2,21,22,23,24)/t9-/m1/s1. The van der Waals surface area contributed by atoms with Gasteiger partial charge in [0.05, 0.1) is 12.3 Å². The number of aromatic nitrogens is 6. The summed E-state index contributed by atoms with van der Waals surface area (Å²) in [4.78, 5) is 8.95. The lowest BCUT2D eigenvalue weighted by Gasteiger charge is -2.21. The van der Waals surface area contributed by atoms with Gasteiger partial charge in [-0.1, -0.05) is 0 Å². The molecule has 4 rings (SSSR count). The van der Waals surface area contributed by atoms with Crippen molar-refractivity contribution in [1.29, 1.82) is 0 Å². The highest BCUT2D eigenvalue weighted by Gasteiger charge is 2.21. The molecule has 3 aromatic heterocycles. The Balaban J connectivity index is 1.60. The monoisotopic (exact) mass is 409 g/mol. The topological polar surface area (TPSA) is 123 Å². The average Bonchev–Trinajstić information content (AvgIpc) is 3.27. The quantitative estimate of drug-likeness (QED) is 0.544. The number of aromatic amines is 1. The van der Waals surface area contributed by atoms with Gasteiger partial charge in [0.25, 0.3) is 0 Å². The molecule has 0 aliphatic carbocycles. The normalized spacial score (nSPS) is 16.4. The Morgan fingerprint density at radius 3 is 2.93 bits per heavy atom. The van der Waals surface area contributed by atoms with Crippen LogP contribution in [0.1, 0.15) is 31.6 Å². The molecule has 1 aliphatic rings. The molecule has 0 spiro atoms. The van der Waals surface area contributed by atoms with Crippen LogP contribution in [0.3, 0.4) is 0 Å². The van der Waals surface area contributed by atoms with Crippen molar-refractivity contribution in [3.63, 3.8) is 0 Å². The van der Waals surface area contributed by atoms with Crippen molar-refractivity contribution in [2.45, 2.75) is 39.0 Å². The predicted octanol–water partition coefficient (Wildman–Crippen LogP) is 2.37. The van der Waals surface area contributed by atoms with E-state index < -0.39 is 12.7 Å². The number of aliphatic hydroxyl groups is 1. The van der Waals surface area contributed by atoms with E-state index >= 15 is 0 Å². The minimum absolute atomic E-state index is 0.238. The van der Waals surface area contributed by atoms with Crippen LogP contribution >= 0.6 is 0 Å². The smallest absolute Gasteiger partial charge is 0.388 e. The largest absolute Gasteiger partial charge is 0.415 e. The second-order valence-corrected chi connectivity index (χ2v) is 6.85. The maximum atomic E-state index is 12.3. The van der Waals surface area contributed by atoms with Crippen molar-refractivity contribution in [3.05, 3.63) is 18.0 Å². The van der Waals surface area contributed by atoms with E-state index in [0.29, 0.717) is 54.2 Å². The summed E-state index contributed by atoms with van der Waals surface area (Å²) in [6.45, 7) is 0.744. The molecule has 3 aromatic rings. The van der Waals surface area contributed by atoms with Gasteiger partial charge in [-0.05, 0) is 25.7 Å². The molecule has 0 radical (unpaired) electrons. The zero-order valence-electron chi connectivity index (χ0n) is 15.7. The number of alkyl halides is 2. The third-order valence-corrected chi connectivity index (χ3v) is 4.66. The molecule has 1 fully saturated rings. The van der Waals surface area contributed by atoms with Crippen molar-refractivity contribution in [3.8, 4) is 5.88 Å². The van der Waals surface area contributed by atoms with Gasteiger partial charge in [0.2, 0.25) is 5.88 Å². The van der Waals surface area contributed by atoms with Crippen LogP contribution in [0, 0.1) is 5.92 Å². The van der Waals surface area contributed by atoms with Crippen LogP contribution in [-0.4, -0.2) is 54.9 Å². The number of nitrogens with one attached hydrogen (secondary N) is 2. The molecule has 0 aromatic carbocycles. The summed E-state index contributed by atoms with van der Waals surface area (Å²) in [5, 5.41) is 23.7. The maximum Gasteiger partial charge on any atom is 0.388 e. The third-order valence-electron chi connectivity index (χ3n) is 4.66. The second-order valence-electron chi connectivity index (χ2n) is 6.85. The van der Waals surface area contributed by atoms with Gasteiger partial charge in [-0.2, -0.15) is 13.9 Å². The number of fused-ring (bicyclic) bond motifs is 1. The number of aliphatic hydroxyl groups excluding tert-OH is 1. The summed E-state index contributed by atoms with van der Waals surface area (Å²) in [6, 6.07) is 1.29. The number of hydrogen-bond donors (Lipinski definition) is 3. The van der Waals surface area contributed by atoms with E-state index in [2.05, 4.69) is 35.3 Å². The Bertz CT molecular complexity index is 969. The zero-order valence-corrected chi connectivity index (χ0v) is 15.7. The lowest BCUT2D eigenvalue weighted by Crippen LogP contribution is -2.21. The summed E-state index contributed by atoms with van der Waals surface area (Å²) in [5.41, 5.74) is 1.50. The van der Waals surface area contributed by atoms with E-state index in [4.69, 9.17) is 4.74 Å². The van der Waals surface area contributed by atoms with E-state index in [0.717, 1.165) is 12.8 Å². The van der Waals surface area contributed by atoms with Crippen LogP contribution in [0.2, 0.25) is 0 Å². The lowest BCUT2D eigenvalue weighted by atomic mass is 10.0. The van der Waals surface area contributed by atoms with Crippen molar-refractivity contribution >= 4 is 22.8 Å². The van der Waals surface area contributed by atoms with Gasteiger partial charge < -0.3 is 19.9 Å². The van der Waals surface area contributed by atoms with E-state index in [-0.39, 0.29) is 5.88 Å². The van der Waals surface area contributed by atoms with Gasteiger partial charge in [-0.3, -0.25) is 5.10 Å². The third kappa shape index (κ3) is 4.43. The second kappa shape index (κ2) is 8.25. The molecule has 0 unspecified atom stereocenters. The first-order valence-corrected chi connectivity index (χ1v) is 9.26. The molecule has 0 saturated carbocycles. The Morgan fingerprint density at radius 2 is 2.21 bits per heavy atom. The minimum atomic E-state index is -2.96. The van der Waals surface area contributed by atoms with Crippen LogP contribution in [0.15, 0.2) is 12.3 Å². The van der Waals surface area contributed by atoms with Crippen LogP contribution in [0.5, 0.6) is 5.88 Å². The highest BCUT2D eigenvalue weighted by atomic mass is 19.3. The maximum absolute atomic E-state index is 12.3. The molecule has 4 heterocycles. The molecule has 12 heteroatoms. The fraction of sp³-hybridized carbons (Fsp3) is 0.529. The lowest BCUT2D eigenvalue weighted by molar-refractivity contribution is -0.0528. The van der Waals surface area contributed by atoms with E-state index in [1.54, 1.807) is 11.6 Å². The first kappa shape index (κ1) is 19.5. The molecule has 29 heavy (non-hydrogen) atoms. The molecule has 3 N–H and O–H groups in total. The Hall–Kier alpha value is -2.86. The number of ether oxygens (including phenoxy) is 2. The molecule has 10 nitrogen and oxygen atoms in total. The van der Waals surface area contributed by atoms with Crippen molar-refractivity contribution in [2.24, 2.45) is 5.92 Å². The van der Waals surface area contributed by atoms with E-state index in [1.807, 2.05) is 0 Å². The molecular weight excluding hydrogens is 388 g/mol. The first-order valence-electron chi connectivity index (χ1n) is 9.26. The van der Waals surface area contributed by atoms with E-state index in [9.17, 15) is 13.9 Å². The van der Waals surface area contributed by atoms with Crippen LogP contribution in [0.25, 0.3) is 11.2 Å². The molecule has 0 bridgehead atoms. The SMILES string of the molecule is C[C@@H](O)c1nn(CC2CCOCC2)c2nc(Nc3cc(OC(F)F)n[nH]3)cnc12. The van der Waals surface area contributed by atoms with Gasteiger partial charge in [0.15, 0.2) is 11.5 Å². The van der Waals surface area contributed by atoms with Gasteiger partial charge in [-0.25, -0.2) is 14.6 Å². The average molecular weight is 409 g/mol. The fourth-order valence-corrected chi connectivity index (χ4v) is 3.26. The molecule has 156 valence electrons. The summed E-state index contributed by atoms with van der Waals surface area (Å²) in [6.07, 6.45) is 2.54. The number of nitrogens with zero attached hydrogens (tertiary/aromatic N) is 5. The molecule has 0 amide bonds. The number of hydrogen-bond acceptors (Lipinski definition) is 8. The summed E-state index contributed by atoms with van der Waals surface area (Å²) < 4.78 is 35.9. The van der Waals surface area contributed by atoms with Gasteiger partial charge in [0, 0.05) is 25.8 Å². The highest BCUT2D eigenvalue weighted by Crippen LogP contribution is 2.26. The molecule has 1 saturated heterocycles. The van der Waals surface area contributed by atoms with E-state index in [1.165, 1.54) is 12.3 Å². The molecule has 1 aliphatic heterocycles. The summed E-state index contributed by atoms with van der Waals surface area (Å²) in [7, 11) is 0. The molecular formula is C17H21F2N7O3. The van der Waals surface area contributed by atoms with Crippen LogP contribution in [0.4, 0.5) is 20.4 Å². The zero-order chi connectivity index (χ0) is 20.4. The number of halogens is 2. The minimum Gasteiger partial charge on any atom is -0.415 e. The van der Waals surface area contributed by atoms with Crippen molar-refractivity contribution < 1.29 is 23.4 Å². The van der Waals surface area contributed by atoms with Gasteiger partial charge in [-0.15, -0.1) is 5.10 Å². The van der Waals surface area contributed by atoms with Crippen molar-refractivity contribution in [2.75, 3.05) is 18.5 Å². The highest BCUT2D eigenvalue weighted by molar-refractivity contribution is 5.76. The van der Waals surface area contributed by atoms with Gasteiger partial charge in [0.1, 0.15) is 17.0 Å². The fourth-order valence-electron chi connectivity index (χ4n) is 3.26. The Labute approximate surface area is 164 Å². The molecule has 1 atom stereocenters. The number of anilines is 2. The van der Waals surface area contributed by atoms with Crippen molar-refractivity contribution in [1.82, 2.24) is 29.9 Å². The first-order chi connectivity index (χ1) is 14.0. The summed E-state index contributed by atoms with van der Waals surface area (Å²) in [5.74, 6) is 0.849. The number of rotatable bonds is 7. The van der Waals surface area contributed by atoms with Crippen LogP contribution in [-0.2, 0) is 11.3 Å². The van der Waals surface area contributed by atoms with Gasteiger partial charge >= 0.3 is 6.61 Å². The predicted molar refractivity (Wildman–Crippen MR) is 98.0 cm³/mol. The Morgan fingerprint density at radius 1 is 1.41 bits per heavy atom. The Kier molecular flexibility index (Phi) is 5.53. The summed E-state index contributed by atoms with van der Waals surface area (Å²) >= 11 is 0. The van der Waals surface area contributed by atoms with Crippen LogP contribution < -0.4 is 10.1 Å². The number of H-pyrrole nitrogens is 1.